The zero-order chi connectivity index (χ0) is 14.8. The maximum Gasteiger partial charge on any atom is 0.226 e. The minimum Gasteiger partial charge on any atom is -0.444 e. The molecule has 21 heavy (non-hydrogen) atoms. The van der Waals surface area contributed by atoms with Gasteiger partial charge in [0.05, 0.1) is 5.69 Å². The summed E-state index contributed by atoms with van der Waals surface area (Å²) in [5.74, 6) is 1.43. The van der Waals surface area contributed by atoms with Gasteiger partial charge < -0.3 is 8.98 Å². The van der Waals surface area contributed by atoms with Crippen LogP contribution >= 0.6 is 11.8 Å². The first kappa shape index (κ1) is 13.9. The zero-order valence-corrected chi connectivity index (χ0v) is 13.1. The van der Waals surface area contributed by atoms with Crippen LogP contribution in [0, 0.1) is 13.8 Å². The molecule has 2 aromatic heterocycles. The smallest absolute Gasteiger partial charge is 0.226 e. The second kappa shape index (κ2) is 5.77. The van der Waals surface area contributed by atoms with Gasteiger partial charge in [-0.15, -0.1) is 0 Å². The summed E-state index contributed by atoms with van der Waals surface area (Å²) in [4.78, 5) is 8.86. The van der Waals surface area contributed by atoms with Crippen molar-refractivity contribution in [3.8, 4) is 11.5 Å². The minimum absolute atomic E-state index is 0.683. The summed E-state index contributed by atoms with van der Waals surface area (Å²) in [6.45, 7) is 4.16. The number of aromatic nitrogens is 3. The van der Waals surface area contributed by atoms with Gasteiger partial charge >= 0.3 is 0 Å². The maximum absolute atomic E-state index is 5.62. The van der Waals surface area contributed by atoms with Gasteiger partial charge in [-0.1, -0.05) is 29.5 Å². The topological polar surface area (TPSA) is 43.9 Å². The summed E-state index contributed by atoms with van der Waals surface area (Å²) in [6.07, 6.45) is 5.46. The average molecular weight is 299 g/mol. The van der Waals surface area contributed by atoms with Crippen molar-refractivity contribution in [2.75, 3.05) is 0 Å². The van der Waals surface area contributed by atoms with Crippen molar-refractivity contribution in [3.05, 3.63) is 53.7 Å². The summed E-state index contributed by atoms with van der Waals surface area (Å²) in [5.41, 5.74) is 4.40. The molecule has 0 saturated heterocycles. The Bertz CT molecular complexity index is 760. The molecular formula is C16H17N3OS. The fourth-order valence-corrected chi connectivity index (χ4v) is 2.99. The molecule has 0 aliphatic carbocycles. The fourth-order valence-electron chi connectivity index (χ4n) is 2.18. The number of hydrogen-bond donors (Lipinski definition) is 0. The number of thioether (sulfide) groups is 1. The Morgan fingerprint density at radius 2 is 2.14 bits per heavy atom. The molecule has 0 fully saturated rings. The van der Waals surface area contributed by atoms with Gasteiger partial charge in [0.15, 0.2) is 5.16 Å². The highest BCUT2D eigenvalue weighted by atomic mass is 32.2. The Morgan fingerprint density at radius 3 is 2.86 bits per heavy atom. The van der Waals surface area contributed by atoms with Gasteiger partial charge in [-0.25, -0.2) is 9.97 Å². The van der Waals surface area contributed by atoms with Crippen LogP contribution in [0.5, 0.6) is 0 Å². The van der Waals surface area contributed by atoms with Gasteiger partial charge in [-0.05, 0) is 25.5 Å². The Labute approximate surface area is 128 Å². The summed E-state index contributed by atoms with van der Waals surface area (Å²) in [7, 11) is 1.99. The summed E-state index contributed by atoms with van der Waals surface area (Å²) in [6, 6.07) is 6.28. The standard InChI is InChI=1S/C16H17N3OS/c1-11-4-5-14(12(2)8-11)15-18-13(9-20-15)10-21-16-17-6-7-19(16)3/h4-9H,10H2,1-3H3. The van der Waals surface area contributed by atoms with Gasteiger partial charge in [0.1, 0.15) is 6.26 Å². The molecule has 5 heteroatoms. The molecule has 0 bridgehead atoms. The van der Waals surface area contributed by atoms with E-state index in [9.17, 15) is 0 Å². The third kappa shape index (κ3) is 3.03. The first-order valence-electron chi connectivity index (χ1n) is 6.75. The number of oxazole rings is 1. The molecule has 0 amide bonds. The van der Waals surface area contributed by atoms with Crippen molar-refractivity contribution in [3.63, 3.8) is 0 Å². The Hall–Kier alpha value is -2.01. The van der Waals surface area contributed by atoms with E-state index in [-0.39, 0.29) is 0 Å². The van der Waals surface area contributed by atoms with Crippen LogP contribution in [0.4, 0.5) is 0 Å². The third-order valence-corrected chi connectivity index (χ3v) is 4.38. The summed E-state index contributed by atoms with van der Waals surface area (Å²) >= 11 is 1.65. The quantitative estimate of drug-likeness (QED) is 0.683. The Balaban J connectivity index is 1.75. The van der Waals surface area contributed by atoms with E-state index in [0.29, 0.717) is 5.89 Å². The first-order valence-corrected chi connectivity index (χ1v) is 7.74. The van der Waals surface area contributed by atoms with Crippen molar-refractivity contribution < 1.29 is 4.42 Å². The molecule has 0 atom stereocenters. The van der Waals surface area contributed by atoms with E-state index in [0.717, 1.165) is 22.2 Å². The van der Waals surface area contributed by atoms with Crippen molar-refractivity contribution >= 4 is 11.8 Å². The monoisotopic (exact) mass is 299 g/mol. The van der Waals surface area contributed by atoms with Crippen molar-refractivity contribution in [1.29, 1.82) is 0 Å². The summed E-state index contributed by atoms with van der Waals surface area (Å²) < 4.78 is 7.62. The van der Waals surface area contributed by atoms with Crippen LogP contribution in [0.2, 0.25) is 0 Å². The van der Waals surface area contributed by atoms with Crippen LogP contribution < -0.4 is 0 Å². The van der Waals surface area contributed by atoms with Crippen LogP contribution in [0.25, 0.3) is 11.5 Å². The molecule has 0 aliphatic heterocycles. The SMILES string of the molecule is Cc1ccc(-c2nc(CSc3nccn3C)co2)c(C)c1. The predicted octanol–water partition coefficient (Wildman–Crippen LogP) is 3.98. The highest BCUT2D eigenvalue weighted by molar-refractivity contribution is 7.98. The highest BCUT2D eigenvalue weighted by Gasteiger charge is 2.10. The van der Waals surface area contributed by atoms with Crippen LogP contribution in [0.15, 0.2) is 46.4 Å². The lowest BCUT2D eigenvalue weighted by Crippen LogP contribution is -1.90. The van der Waals surface area contributed by atoms with Gasteiger partial charge in [0, 0.05) is 30.8 Å². The second-order valence-corrected chi connectivity index (χ2v) is 6.01. The predicted molar refractivity (Wildman–Crippen MR) is 84.2 cm³/mol. The largest absolute Gasteiger partial charge is 0.444 e. The lowest BCUT2D eigenvalue weighted by molar-refractivity contribution is 0.573. The first-order chi connectivity index (χ1) is 10.1. The maximum atomic E-state index is 5.62. The van der Waals surface area contributed by atoms with E-state index >= 15 is 0 Å². The molecule has 0 radical (unpaired) electrons. The van der Waals surface area contributed by atoms with Crippen LogP contribution in [0.1, 0.15) is 16.8 Å². The lowest BCUT2D eigenvalue weighted by Gasteiger charge is -2.02. The van der Waals surface area contributed by atoms with Crippen LogP contribution in [-0.2, 0) is 12.8 Å². The van der Waals surface area contributed by atoms with Crippen LogP contribution in [0.3, 0.4) is 0 Å². The van der Waals surface area contributed by atoms with E-state index < -0.39 is 0 Å². The average Bonchev–Trinajstić information content (AvgIpc) is 3.05. The molecule has 0 aliphatic rings. The number of imidazole rings is 1. The number of nitrogens with zero attached hydrogens (tertiary/aromatic N) is 3. The molecule has 1 aromatic carbocycles. The molecule has 2 heterocycles. The number of rotatable bonds is 4. The lowest BCUT2D eigenvalue weighted by atomic mass is 10.1. The molecule has 0 spiro atoms. The molecular weight excluding hydrogens is 282 g/mol. The van der Waals surface area contributed by atoms with Gasteiger partial charge in [-0.3, -0.25) is 0 Å². The normalized spacial score (nSPS) is 11.0. The molecule has 0 saturated carbocycles. The molecule has 0 N–H and O–H groups in total. The number of hydrogen-bond acceptors (Lipinski definition) is 4. The number of benzene rings is 1. The van der Waals surface area contributed by atoms with Gasteiger partial charge in [0.25, 0.3) is 0 Å². The highest BCUT2D eigenvalue weighted by Crippen LogP contribution is 2.26. The minimum atomic E-state index is 0.683. The third-order valence-electron chi connectivity index (χ3n) is 3.29. The molecule has 3 rings (SSSR count). The summed E-state index contributed by atoms with van der Waals surface area (Å²) in [5, 5.41) is 0.978. The van der Waals surface area contributed by atoms with E-state index in [2.05, 4.69) is 42.0 Å². The van der Waals surface area contributed by atoms with Crippen molar-refractivity contribution in [2.45, 2.75) is 24.8 Å². The van der Waals surface area contributed by atoms with Crippen LogP contribution in [-0.4, -0.2) is 14.5 Å². The van der Waals surface area contributed by atoms with E-state index in [1.54, 1.807) is 24.2 Å². The number of aryl methyl sites for hydroxylation is 3. The Morgan fingerprint density at radius 1 is 1.29 bits per heavy atom. The van der Waals surface area contributed by atoms with E-state index in [1.807, 2.05) is 17.8 Å². The zero-order valence-electron chi connectivity index (χ0n) is 12.3. The Kier molecular flexibility index (Phi) is 3.84. The molecule has 3 aromatic rings. The second-order valence-electron chi connectivity index (χ2n) is 5.07. The van der Waals surface area contributed by atoms with Crippen molar-refractivity contribution in [1.82, 2.24) is 14.5 Å². The van der Waals surface area contributed by atoms with Gasteiger partial charge in [-0.2, -0.15) is 0 Å². The van der Waals surface area contributed by atoms with E-state index in [1.165, 1.54) is 11.1 Å². The fraction of sp³-hybridized carbons (Fsp3) is 0.250. The molecule has 0 unspecified atom stereocenters. The molecule has 108 valence electrons. The van der Waals surface area contributed by atoms with E-state index in [4.69, 9.17) is 4.42 Å². The molecule has 4 nitrogen and oxygen atoms in total. The van der Waals surface area contributed by atoms with Crippen molar-refractivity contribution in [2.24, 2.45) is 7.05 Å². The van der Waals surface area contributed by atoms with Gasteiger partial charge in [0.2, 0.25) is 5.89 Å².